The summed E-state index contributed by atoms with van der Waals surface area (Å²) in [6, 6.07) is 0. The Balaban J connectivity index is 2.90. The van der Waals surface area contributed by atoms with E-state index in [9.17, 15) is 8.78 Å². The molecule has 0 spiro atoms. The van der Waals surface area contributed by atoms with Crippen LogP contribution in [0.5, 0.6) is 0 Å². The first-order chi connectivity index (χ1) is 5.15. The molecule has 0 aromatic heterocycles. The standard InChI is InChI=1S/C8H10F2O/c1-5-3-6(9)8(11-2)7(10)4-5/h3,5H,4H2,1-2H3. The van der Waals surface area contributed by atoms with Crippen LogP contribution in [0.2, 0.25) is 0 Å². The number of methoxy groups -OCH3 is 1. The highest BCUT2D eigenvalue weighted by Crippen LogP contribution is 2.30. The van der Waals surface area contributed by atoms with Gasteiger partial charge in [-0.15, -0.1) is 0 Å². The molecular formula is C8H10F2O. The van der Waals surface area contributed by atoms with Crippen molar-refractivity contribution in [2.45, 2.75) is 13.3 Å². The zero-order valence-electron chi connectivity index (χ0n) is 6.53. The minimum absolute atomic E-state index is 0.0751. The smallest absolute Gasteiger partial charge is 0.185 e. The topological polar surface area (TPSA) is 9.23 Å². The Bertz CT molecular complexity index is 218. The van der Waals surface area contributed by atoms with Crippen molar-refractivity contribution >= 4 is 0 Å². The first-order valence-corrected chi connectivity index (χ1v) is 3.45. The van der Waals surface area contributed by atoms with Crippen molar-refractivity contribution in [2.75, 3.05) is 7.11 Å². The molecule has 0 saturated heterocycles. The van der Waals surface area contributed by atoms with E-state index >= 15 is 0 Å². The van der Waals surface area contributed by atoms with Crippen LogP contribution in [-0.2, 0) is 4.74 Å². The Kier molecular flexibility index (Phi) is 2.27. The minimum atomic E-state index is -0.594. The van der Waals surface area contributed by atoms with Crippen LogP contribution in [0.4, 0.5) is 8.78 Å². The summed E-state index contributed by atoms with van der Waals surface area (Å²) in [6.07, 6.45) is 1.60. The van der Waals surface area contributed by atoms with Gasteiger partial charge in [0.15, 0.2) is 11.6 Å². The van der Waals surface area contributed by atoms with E-state index in [2.05, 4.69) is 4.74 Å². The molecule has 0 aromatic carbocycles. The minimum Gasteiger partial charge on any atom is -0.491 e. The van der Waals surface area contributed by atoms with Gasteiger partial charge in [0, 0.05) is 6.42 Å². The van der Waals surface area contributed by atoms with Crippen LogP contribution < -0.4 is 0 Å². The molecule has 11 heavy (non-hydrogen) atoms. The summed E-state index contributed by atoms with van der Waals surface area (Å²) >= 11 is 0. The van der Waals surface area contributed by atoms with Crippen molar-refractivity contribution < 1.29 is 13.5 Å². The number of ether oxygens (including phenoxy) is 1. The molecule has 1 aliphatic carbocycles. The molecule has 1 atom stereocenters. The van der Waals surface area contributed by atoms with E-state index in [1.165, 1.54) is 13.2 Å². The van der Waals surface area contributed by atoms with Gasteiger partial charge in [-0.2, -0.15) is 0 Å². The Labute approximate surface area is 64.4 Å². The highest BCUT2D eigenvalue weighted by atomic mass is 19.1. The lowest BCUT2D eigenvalue weighted by Gasteiger charge is -2.14. The maximum absolute atomic E-state index is 12.8. The average molecular weight is 160 g/mol. The number of hydrogen-bond acceptors (Lipinski definition) is 1. The lowest BCUT2D eigenvalue weighted by Crippen LogP contribution is -2.03. The first kappa shape index (κ1) is 8.24. The Morgan fingerprint density at radius 1 is 1.55 bits per heavy atom. The van der Waals surface area contributed by atoms with Crippen molar-refractivity contribution in [1.29, 1.82) is 0 Å². The van der Waals surface area contributed by atoms with Gasteiger partial charge in [0.05, 0.1) is 7.11 Å². The van der Waals surface area contributed by atoms with Gasteiger partial charge in [0.2, 0.25) is 0 Å². The Hall–Kier alpha value is -0.860. The molecule has 1 rings (SSSR count). The molecule has 0 bridgehead atoms. The Morgan fingerprint density at radius 2 is 2.18 bits per heavy atom. The van der Waals surface area contributed by atoms with Gasteiger partial charge in [0.1, 0.15) is 5.83 Å². The quantitative estimate of drug-likeness (QED) is 0.573. The van der Waals surface area contributed by atoms with Crippen LogP contribution in [0.1, 0.15) is 13.3 Å². The van der Waals surface area contributed by atoms with Gasteiger partial charge in [0.25, 0.3) is 0 Å². The number of halogens is 2. The molecule has 3 heteroatoms. The average Bonchev–Trinajstić information content (AvgIpc) is 1.85. The van der Waals surface area contributed by atoms with E-state index in [1.54, 1.807) is 6.92 Å². The van der Waals surface area contributed by atoms with Gasteiger partial charge in [-0.1, -0.05) is 6.92 Å². The van der Waals surface area contributed by atoms with Gasteiger partial charge in [-0.3, -0.25) is 0 Å². The molecule has 0 amide bonds. The predicted molar refractivity (Wildman–Crippen MR) is 38.1 cm³/mol. The van der Waals surface area contributed by atoms with E-state index in [0.29, 0.717) is 0 Å². The van der Waals surface area contributed by atoms with Crippen LogP contribution in [0.25, 0.3) is 0 Å². The fourth-order valence-electron chi connectivity index (χ4n) is 1.10. The predicted octanol–water partition coefficient (Wildman–Crippen LogP) is 2.71. The van der Waals surface area contributed by atoms with Crippen LogP contribution in [-0.4, -0.2) is 7.11 Å². The largest absolute Gasteiger partial charge is 0.491 e. The molecule has 1 aliphatic rings. The van der Waals surface area contributed by atoms with Crippen LogP contribution in [0.3, 0.4) is 0 Å². The molecule has 62 valence electrons. The summed E-state index contributed by atoms with van der Waals surface area (Å²) in [4.78, 5) is 0. The van der Waals surface area contributed by atoms with E-state index in [4.69, 9.17) is 0 Å². The van der Waals surface area contributed by atoms with Gasteiger partial charge in [-0.25, -0.2) is 8.78 Å². The third kappa shape index (κ3) is 1.59. The van der Waals surface area contributed by atoms with Crippen molar-refractivity contribution in [3.05, 3.63) is 23.5 Å². The van der Waals surface area contributed by atoms with Crippen molar-refractivity contribution in [3.8, 4) is 0 Å². The van der Waals surface area contributed by atoms with Gasteiger partial charge < -0.3 is 4.74 Å². The molecule has 1 unspecified atom stereocenters. The van der Waals surface area contributed by atoms with Crippen LogP contribution in [0.15, 0.2) is 23.5 Å². The summed E-state index contributed by atoms with van der Waals surface area (Å²) in [6.45, 7) is 1.76. The van der Waals surface area contributed by atoms with E-state index in [0.717, 1.165) is 0 Å². The lowest BCUT2D eigenvalue weighted by atomic mass is 10.0. The maximum atomic E-state index is 12.8. The second kappa shape index (κ2) is 3.03. The molecule has 0 aromatic rings. The molecule has 0 fully saturated rings. The second-order valence-electron chi connectivity index (χ2n) is 2.63. The zero-order chi connectivity index (χ0) is 8.43. The van der Waals surface area contributed by atoms with E-state index in [1.807, 2.05) is 0 Å². The third-order valence-electron chi connectivity index (χ3n) is 1.60. The van der Waals surface area contributed by atoms with Gasteiger partial charge >= 0.3 is 0 Å². The molecule has 0 heterocycles. The summed E-state index contributed by atoms with van der Waals surface area (Å²) in [7, 11) is 1.26. The van der Waals surface area contributed by atoms with Crippen LogP contribution in [0, 0.1) is 5.92 Å². The maximum Gasteiger partial charge on any atom is 0.185 e. The molecular weight excluding hydrogens is 150 g/mol. The molecule has 0 aliphatic heterocycles. The Morgan fingerprint density at radius 3 is 2.64 bits per heavy atom. The zero-order valence-corrected chi connectivity index (χ0v) is 6.53. The number of hydrogen-bond donors (Lipinski definition) is 0. The highest BCUT2D eigenvalue weighted by Gasteiger charge is 2.20. The third-order valence-corrected chi connectivity index (χ3v) is 1.60. The summed E-state index contributed by atoms with van der Waals surface area (Å²) in [5, 5.41) is 0. The highest BCUT2D eigenvalue weighted by molar-refractivity contribution is 5.27. The van der Waals surface area contributed by atoms with Crippen LogP contribution >= 0.6 is 0 Å². The molecule has 0 radical (unpaired) electrons. The first-order valence-electron chi connectivity index (χ1n) is 3.45. The van der Waals surface area contributed by atoms with Crippen molar-refractivity contribution in [2.24, 2.45) is 5.92 Å². The molecule has 0 N–H and O–H groups in total. The lowest BCUT2D eigenvalue weighted by molar-refractivity contribution is 0.255. The monoisotopic (exact) mass is 160 g/mol. The fourth-order valence-corrected chi connectivity index (χ4v) is 1.10. The second-order valence-corrected chi connectivity index (χ2v) is 2.63. The van der Waals surface area contributed by atoms with E-state index < -0.39 is 11.7 Å². The molecule has 0 saturated carbocycles. The SMILES string of the molecule is COC1=C(F)CC(C)C=C1F. The molecule has 1 nitrogen and oxygen atoms in total. The summed E-state index contributed by atoms with van der Waals surface area (Å²) in [5.74, 6) is -1.42. The van der Waals surface area contributed by atoms with Gasteiger partial charge in [-0.05, 0) is 12.0 Å². The summed E-state index contributed by atoms with van der Waals surface area (Å²) in [5.41, 5.74) is 0. The number of rotatable bonds is 1. The van der Waals surface area contributed by atoms with Crippen molar-refractivity contribution in [3.63, 3.8) is 0 Å². The van der Waals surface area contributed by atoms with Crippen molar-refractivity contribution in [1.82, 2.24) is 0 Å². The normalized spacial score (nSPS) is 25.1. The number of allylic oxidation sites excluding steroid dienone is 3. The summed E-state index contributed by atoms with van der Waals surface area (Å²) < 4.78 is 30.1. The fraction of sp³-hybridized carbons (Fsp3) is 0.500. The van der Waals surface area contributed by atoms with E-state index in [-0.39, 0.29) is 18.1 Å².